The molecule has 4 heteroatoms. The minimum atomic E-state index is 0.836. The summed E-state index contributed by atoms with van der Waals surface area (Å²) in [5, 5.41) is 0. The molecule has 2 aliphatic rings. The number of fused-ring (bicyclic) bond motifs is 1. The highest BCUT2D eigenvalue weighted by molar-refractivity contribution is 5.35. The molecule has 1 aromatic heterocycles. The molecule has 0 unspecified atom stereocenters. The highest BCUT2D eigenvalue weighted by atomic mass is 15.3. The van der Waals surface area contributed by atoms with Crippen molar-refractivity contribution in [1.82, 2.24) is 14.9 Å². The first kappa shape index (κ1) is 17.5. The predicted octanol–water partition coefficient (Wildman–Crippen LogP) is 3.89. The number of aromatic nitrogens is 2. The van der Waals surface area contributed by atoms with Gasteiger partial charge in [0.25, 0.3) is 0 Å². The third kappa shape index (κ3) is 3.75. The second-order valence-corrected chi connectivity index (χ2v) is 8.19. The van der Waals surface area contributed by atoms with E-state index in [1.807, 2.05) is 0 Å². The third-order valence-electron chi connectivity index (χ3n) is 6.04. The summed E-state index contributed by atoms with van der Waals surface area (Å²) < 4.78 is 0. The van der Waals surface area contributed by atoms with Crippen LogP contribution in [0.25, 0.3) is 0 Å². The molecule has 138 valence electrons. The average Bonchev–Trinajstić information content (AvgIpc) is 2.65. The number of nitrogens with zero attached hydrogens (tertiary/aromatic N) is 4. The molecule has 1 aromatic carbocycles. The fourth-order valence-corrected chi connectivity index (χ4v) is 4.02. The van der Waals surface area contributed by atoms with E-state index in [2.05, 4.69) is 55.0 Å². The lowest BCUT2D eigenvalue weighted by Gasteiger charge is -2.32. The Hall–Kier alpha value is -1.94. The Balaban J connectivity index is 1.43. The van der Waals surface area contributed by atoms with Gasteiger partial charge >= 0.3 is 0 Å². The van der Waals surface area contributed by atoms with Crippen LogP contribution in [0.5, 0.6) is 0 Å². The average molecular weight is 351 g/mol. The van der Waals surface area contributed by atoms with Gasteiger partial charge in [-0.2, -0.15) is 0 Å². The van der Waals surface area contributed by atoms with Crippen LogP contribution in [-0.4, -0.2) is 34.5 Å². The van der Waals surface area contributed by atoms with Crippen molar-refractivity contribution in [3.63, 3.8) is 0 Å². The molecular formula is C22H30N4. The summed E-state index contributed by atoms with van der Waals surface area (Å²) >= 11 is 0. The Kier molecular flexibility index (Phi) is 4.94. The molecule has 1 fully saturated rings. The van der Waals surface area contributed by atoms with Crippen molar-refractivity contribution in [2.75, 3.05) is 24.5 Å². The molecule has 2 aromatic rings. The SMILES string of the molecule is Cc1ccc(CN2CCc3nc(N4CCC(C)CC4)ncc3C2)cc1C. The Morgan fingerprint density at radius 2 is 1.88 bits per heavy atom. The lowest BCUT2D eigenvalue weighted by atomic mass is 9.99. The van der Waals surface area contributed by atoms with Crippen LogP contribution in [-0.2, 0) is 19.5 Å². The Morgan fingerprint density at radius 1 is 1.08 bits per heavy atom. The maximum atomic E-state index is 4.92. The fourth-order valence-electron chi connectivity index (χ4n) is 4.02. The second kappa shape index (κ2) is 7.36. The van der Waals surface area contributed by atoms with E-state index in [0.717, 1.165) is 51.0 Å². The predicted molar refractivity (Wildman–Crippen MR) is 106 cm³/mol. The highest BCUT2D eigenvalue weighted by Crippen LogP contribution is 2.24. The van der Waals surface area contributed by atoms with Gasteiger partial charge in [0, 0.05) is 50.9 Å². The fraction of sp³-hybridized carbons (Fsp3) is 0.545. The minimum Gasteiger partial charge on any atom is -0.341 e. The van der Waals surface area contributed by atoms with Gasteiger partial charge in [0.1, 0.15) is 0 Å². The van der Waals surface area contributed by atoms with E-state index in [4.69, 9.17) is 9.97 Å². The highest BCUT2D eigenvalue weighted by Gasteiger charge is 2.22. The van der Waals surface area contributed by atoms with Crippen LogP contribution >= 0.6 is 0 Å². The van der Waals surface area contributed by atoms with Crippen molar-refractivity contribution < 1.29 is 0 Å². The lowest BCUT2D eigenvalue weighted by Crippen LogP contribution is -2.35. The number of rotatable bonds is 3. The van der Waals surface area contributed by atoms with Crippen molar-refractivity contribution in [3.05, 3.63) is 52.3 Å². The summed E-state index contributed by atoms with van der Waals surface area (Å²) in [4.78, 5) is 14.5. The molecule has 0 aliphatic carbocycles. The van der Waals surface area contributed by atoms with Crippen LogP contribution in [0.1, 0.15) is 47.7 Å². The molecule has 1 saturated heterocycles. The molecule has 4 rings (SSSR count). The summed E-state index contributed by atoms with van der Waals surface area (Å²) in [7, 11) is 0. The number of aryl methyl sites for hydroxylation is 2. The summed E-state index contributed by atoms with van der Waals surface area (Å²) in [6.07, 6.45) is 5.61. The molecule has 0 saturated carbocycles. The van der Waals surface area contributed by atoms with Gasteiger partial charge in [-0.3, -0.25) is 4.90 Å². The number of hydrogen-bond acceptors (Lipinski definition) is 4. The van der Waals surface area contributed by atoms with Crippen LogP contribution in [0.2, 0.25) is 0 Å². The molecule has 26 heavy (non-hydrogen) atoms. The number of anilines is 1. The summed E-state index contributed by atoms with van der Waals surface area (Å²) in [5.41, 5.74) is 6.70. The van der Waals surface area contributed by atoms with E-state index in [1.165, 1.54) is 40.8 Å². The van der Waals surface area contributed by atoms with Gasteiger partial charge in [-0.1, -0.05) is 25.1 Å². The normalized spacial score (nSPS) is 18.8. The van der Waals surface area contributed by atoms with Crippen molar-refractivity contribution in [3.8, 4) is 0 Å². The summed E-state index contributed by atoms with van der Waals surface area (Å²) in [6.45, 7) is 11.9. The van der Waals surface area contributed by atoms with Gasteiger partial charge in [-0.15, -0.1) is 0 Å². The molecule has 3 heterocycles. The first-order valence-electron chi connectivity index (χ1n) is 9.96. The van der Waals surface area contributed by atoms with Crippen molar-refractivity contribution in [1.29, 1.82) is 0 Å². The lowest BCUT2D eigenvalue weighted by molar-refractivity contribution is 0.243. The number of benzene rings is 1. The largest absolute Gasteiger partial charge is 0.341 e. The molecular weight excluding hydrogens is 320 g/mol. The van der Waals surface area contributed by atoms with Crippen LogP contribution in [0.15, 0.2) is 24.4 Å². The molecule has 0 atom stereocenters. The van der Waals surface area contributed by atoms with Crippen LogP contribution < -0.4 is 4.90 Å². The van der Waals surface area contributed by atoms with Crippen molar-refractivity contribution in [2.24, 2.45) is 5.92 Å². The van der Waals surface area contributed by atoms with Gasteiger partial charge in [-0.05, 0) is 49.3 Å². The molecule has 4 nitrogen and oxygen atoms in total. The maximum absolute atomic E-state index is 4.92. The number of hydrogen-bond donors (Lipinski definition) is 0. The quantitative estimate of drug-likeness (QED) is 0.841. The summed E-state index contributed by atoms with van der Waals surface area (Å²) in [5.74, 6) is 1.78. The number of piperidine rings is 1. The van der Waals surface area contributed by atoms with Gasteiger partial charge < -0.3 is 4.90 Å². The van der Waals surface area contributed by atoms with E-state index in [-0.39, 0.29) is 0 Å². The molecule has 0 radical (unpaired) electrons. The smallest absolute Gasteiger partial charge is 0.225 e. The van der Waals surface area contributed by atoms with Gasteiger partial charge in [0.15, 0.2) is 0 Å². The van der Waals surface area contributed by atoms with Crippen molar-refractivity contribution in [2.45, 2.75) is 53.1 Å². The third-order valence-corrected chi connectivity index (χ3v) is 6.04. The van der Waals surface area contributed by atoms with E-state index < -0.39 is 0 Å². The Labute approximate surface area is 157 Å². The van der Waals surface area contributed by atoms with Crippen LogP contribution in [0.3, 0.4) is 0 Å². The van der Waals surface area contributed by atoms with Crippen LogP contribution in [0.4, 0.5) is 5.95 Å². The van der Waals surface area contributed by atoms with Gasteiger partial charge in [0.05, 0.1) is 5.69 Å². The monoisotopic (exact) mass is 350 g/mol. The Morgan fingerprint density at radius 3 is 2.65 bits per heavy atom. The zero-order valence-corrected chi connectivity index (χ0v) is 16.3. The molecule has 0 spiro atoms. The minimum absolute atomic E-state index is 0.836. The van der Waals surface area contributed by atoms with E-state index >= 15 is 0 Å². The first-order chi connectivity index (χ1) is 12.6. The van der Waals surface area contributed by atoms with E-state index in [1.54, 1.807) is 0 Å². The second-order valence-electron chi connectivity index (χ2n) is 8.19. The molecule has 2 aliphatic heterocycles. The van der Waals surface area contributed by atoms with Crippen LogP contribution in [0, 0.1) is 19.8 Å². The van der Waals surface area contributed by atoms with Gasteiger partial charge in [0.2, 0.25) is 5.95 Å². The molecule has 0 N–H and O–H groups in total. The zero-order valence-electron chi connectivity index (χ0n) is 16.3. The summed E-state index contributed by atoms with van der Waals surface area (Å²) in [6, 6.07) is 6.81. The molecule has 0 amide bonds. The standard InChI is InChI=1S/C22H30N4/c1-16-6-10-26(11-7-16)22-23-13-20-15-25(9-8-21(20)24-22)14-19-5-4-17(2)18(3)12-19/h4-5,12-13,16H,6-11,14-15H2,1-3H3. The molecule has 0 bridgehead atoms. The Bertz CT molecular complexity index is 778. The first-order valence-corrected chi connectivity index (χ1v) is 9.96. The van der Waals surface area contributed by atoms with Crippen molar-refractivity contribution >= 4 is 5.95 Å². The van der Waals surface area contributed by atoms with Gasteiger partial charge in [-0.25, -0.2) is 9.97 Å². The van der Waals surface area contributed by atoms with E-state index in [9.17, 15) is 0 Å². The topological polar surface area (TPSA) is 32.3 Å². The zero-order chi connectivity index (χ0) is 18.1. The van der Waals surface area contributed by atoms with E-state index in [0.29, 0.717) is 0 Å². The maximum Gasteiger partial charge on any atom is 0.225 e.